The van der Waals surface area contributed by atoms with Crippen molar-refractivity contribution in [3.05, 3.63) is 56.6 Å². The molecule has 0 amide bonds. The number of nitrogens with two attached hydrogens (primary N) is 1. The van der Waals surface area contributed by atoms with E-state index in [1.54, 1.807) is 12.1 Å². The Kier molecular flexibility index (Phi) is 3.56. The topological polar surface area (TPSA) is 139 Å². The van der Waals surface area contributed by atoms with Gasteiger partial charge in [0.25, 0.3) is 11.2 Å². The zero-order valence-corrected chi connectivity index (χ0v) is 12.5. The third kappa shape index (κ3) is 2.49. The van der Waals surface area contributed by atoms with Crippen molar-refractivity contribution < 1.29 is 9.72 Å². The van der Waals surface area contributed by atoms with Crippen LogP contribution >= 0.6 is 0 Å². The number of fused-ring (bicyclic) bond motifs is 1. The molecule has 0 saturated carbocycles. The van der Waals surface area contributed by atoms with Crippen molar-refractivity contribution in [2.24, 2.45) is 0 Å². The van der Waals surface area contributed by atoms with E-state index in [-0.39, 0.29) is 29.3 Å². The second kappa shape index (κ2) is 5.57. The number of nitro benzene ring substituents is 1. The Morgan fingerprint density at radius 2 is 2.00 bits per heavy atom. The zero-order chi connectivity index (χ0) is 17.4. The van der Waals surface area contributed by atoms with Crippen LogP contribution in [-0.2, 0) is 6.54 Å². The van der Waals surface area contributed by atoms with E-state index in [0.29, 0.717) is 0 Å². The normalized spacial score (nSPS) is 10.9. The molecule has 0 bridgehead atoms. The molecule has 2 aromatic heterocycles. The lowest BCUT2D eigenvalue weighted by Crippen LogP contribution is -2.29. The molecule has 3 rings (SSSR count). The van der Waals surface area contributed by atoms with E-state index in [4.69, 9.17) is 5.73 Å². The number of non-ortho nitro benzene ring substituents is 1. The van der Waals surface area contributed by atoms with E-state index < -0.39 is 16.4 Å². The minimum Gasteiger partial charge on any atom is -0.369 e. The second-order valence-corrected chi connectivity index (χ2v) is 5.10. The average Bonchev–Trinajstić information content (AvgIpc) is 2.90. The summed E-state index contributed by atoms with van der Waals surface area (Å²) >= 11 is 0. The number of nitro groups is 1. The second-order valence-electron chi connectivity index (χ2n) is 5.10. The average molecular weight is 328 g/mol. The van der Waals surface area contributed by atoms with Gasteiger partial charge in [-0.05, 0) is 5.56 Å². The first-order valence-electron chi connectivity index (χ1n) is 6.86. The van der Waals surface area contributed by atoms with Crippen LogP contribution in [0.25, 0.3) is 11.2 Å². The van der Waals surface area contributed by atoms with Gasteiger partial charge in [0, 0.05) is 25.6 Å². The molecular weight excluding hydrogens is 316 g/mol. The minimum atomic E-state index is -0.607. The molecule has 10 heteroatoms. The van der Waals surface area contributed by atoms with Crippen molar-refractivity contribution in [2.45, 2.75) is 13.5 Å². The molecule has 122 valence electrons. The number of rotatable bonds is 3. The highest BCUT2D eigenvalue weighted by molar-refractivity contribution is 5.82. The summed E-state index contributed by atoms with van der Waals surface area (Å²) in [6.45, 7) is 1.45. The number of nitrogens with zero attached hydrogens (tertiary/aromatic N) is 5. The molecule has 0 saturated heterocycles. The molecule has 3 aromatic rings. The fourth-order valence-electron chi connectivity index (χ4n) is 2.38. The lowest BCUT2D eigenvalue weighted by molar-refractivity contribution is -0.384. The molecule has 2 heterocycles. The fraction of sp³-hybridized carbons (Fsp3) is 0.143. The third-order valence-electron chi connectivity index (χ3n) is 3.49. The van der Waals surface area contributed by atoms with Crippen LogP contribution in [0, 0.1) is 10.1 Å². The lowest BCUT2D eigenvalue weighted by Gasteiger charge is -2.07. The van der Waals surface area contributed by atoms with Gasteiger partial charge < -0.3 is 10.3 Å². The van der Waals surface area contributed by atoms with Gasteiger partial charge in [-0.25, -0.2) is 9.55 Å². The minimum absolute atomic E-state index is 0.0254. The first-order chi connectivity index (χ1) is 11.4. The Labute approximate surface area is 134 Å². The highest BCUT2D eigenvalue weighted by Gasteiger charge is 2.16. The highest BCUT2D eigenvalue weighted by Crippen LogP contribution is 2.15. The Balaban J connectivity index is 2.07. The quantitative estimate of drug-likeness (QED) is 0.554. The van der Waals surface area contributed by atoms with Gasteiger partial charge in [0.2, 0.25) is 11.9 Å². The lowest BCUT2D eigenvalue weighted by atomic mass is 10.2. The molecule has 24 heavy (non-hydrogen) atoms. The molecule has 0 atom stereocenters. The van der Waals surface area contributed by atoms with Crippen LogP contribution in [0.15, 0.2) is 35.4 Å². The standard InChI is InChI=1S/C14H12N6O4/c1-8(21)19-13(22)11-12(17-14(19)15)16-7-18(11)6-9-2-4-10(5-3-9)20(23)24/h2-5,7H,6H2,1H3,(H2,15,17). The summed E-state index contributed by atoms with van der Waals surface area (Å²) in [4.78, 5) is 42.2. The maximum Gasteiger partial charge on any atom is 0.288 e. The molecule has 0 unspecified atom stereocenters. The highest BCUT2D eigenvalue weighted by atomic mass is 16.6. The molecule has 0 aliphatic rings. The smallest absolute Gasteiger partial charge is 0.288 e. The molecule has 10 nitrogen and oxygen atoms in total. The van der Waals surface area contributed by atoms with Crippen molar-refractivity contribution in [3.63, 3.8) is 0 Å². The SMILES string of the molecule is CC(=O)n1c(N)nc2ncn(Cc3ccc([N+](=O)[O-])cc3)c2c1=O. The number of aromatic nitrogens is 4. The van der Waals surface area contributed by atoms with E-state index in [1.165, 1.54) is 30.0 Å². The third-order valence-corrected chi connectivity index (χ3v) is 3.49. The molecule has 0 fully saturated rings. The Hall–Kier alpha value is -3.56. The van der Waals surface area contributed by atoms with Gasteiger partial charge in [0.1, 0.15) is 0 Å². The first-order valence-corrected chi connectivity index (χ1v) is 6.86. The molecule has 0 aliphatic carbocycles. The number of nitrogen functional groups attached to an aromatic ring is 1. The van der Waals surface area contributed by atoms with E-state index >= 15 is 0 Å². The van der Waals surface area contributed by atoms with Gasteiger partial charge in [0.15, 0.2) is 11.2 Å². The molecule has 0 radical (unpaired) electrons. The summed E-state index contributed by atoms with van der Waals surface area (Å²) < 4.78 is 2.29. The predicted molar refractivity (Wildman–Crippen MR) is 84.7 cm³/mol. The van der Waals surface area contributed by atoms with Crippen LogP contribution in [0.5, 0.6) is 0 Å². The predicted octanol–water partition coefficient (Wildman–Crippen LogP) is 0.792. The van der Waals surface area contributed by atoms with Crippen LogP contribution in [0.2, 0.25) is 0 Å². The largest absolute Gasteiger partial charge is 0.369 e. The number of imidazole rings is 1. The Morgan fingerprint density at radius 1 is 1.33 bits per heavy atom. The Bertz CT molecular complexity index is 1020. The number of carbonyl (C=O) groups is 1. The van der Waals surface area contributed by atoms with Crippen molar-refractivity contribution in [1.29, 1.82) is 0 Å². The number of hydrogen-bond acceptors (Lipinski definition) is 7. The monoisotopic (exact) mass is 328 g/mol. The van der Waals surface area contributed by atoms with Crippen molar-refractivity contribution in [2.75, 3.05) is 5.73 Å². The van der Waals surface area contributed by atoms with Crippen molar-refractivity contribution in [1.82, 2.24) is 19.1 Å². The number of anilines is 1. The van der Waals surface area contributed by atoms with Gasteiger partial charge in [-0.1, -0.05) is 12.1 Å². The van der Waals surface area contributed by atoms with Gasteiger partial charge in [-0.15, -0.1) is 0 Å². The summed E-state index contributed by atoms with van der Waals surface area (Å²) in [7, 11) is 0. The van der Waals surface area contributed by atoms with E-state index in [9.17, 15) is 19.7 Å². The van der Waals surface area contributed by atoms with Crippen LogP contribution in [0.4, 0.5) is 11.6 Å². The summed E-state index contributed by atoms with van der Waals surface area (Å²) in [5, 5.41) is 10.7. The van der Waals surface area contributed by atoms with Crippen LogP contribution in [0.3, 0.4) is 0 Å². The number of carbonyl (C=O) groups excluding carboxylic acids is 1. The Morgan fingerprint density at radius 3 is 2.58 bits per heavy atom. The maximum absolute atomic E-state index is 12.5. The van der Waals surface area contributed by atoms with E-state index in [2.05, 4.69) is 9.97 Å². The fourth-order valence-corrected chi connectivity index (χ4v) is 2.38. The first kappa shape index (κ1) is 15.3. The summed E-state index contributed by atoms with van der Waals surface area (Å²) in [5.41, 5.74) is 5.98. The number of hydrogen-bond donors (Lipinski definition) is 1. The molecular formula is C14H12N6O4. The van der Waals surface area contributed by atoms with E-state index in [1.807, 2.05) is 0 Å². The van der Waals surface area contributed by atoms with E-state index in [0.717, 1.165) is 10.1 Å². The molecule has 0 spiro atoms. The van der Waals surface area contributed by atoms with Gasteiger partial charge in [-0.3, -0.25) is 19.7 Å². The van der Waals surface area contributed by atoms with Gasteiger partial charge in [-0.2, -0.15) is 4.98 Å². The summed E-state index contributed by atoms with van der Waals surface area (Å²) in [6.07, 6.45) is 1.41. The summed E-state index contributed by atoms with van der Waals surface area (Å²) in [5.74, 6) is -0.768. The van der Waals surface area contributed by atoms with Crippen LogP contribution in [0.1, 0.15) is 17.3 Å². The van der Waals surface area contributed by atoms with Gasteiger partial charge in [0.05, 0.1) is 11.3 Å². The molecule has 1 aromatic carbocycles. The number of benzene rings is 1. The van der Waals surface area contributed by atoms with Crippen molar-refractivity contribution in [3.8, 4) is 0 Å². The van der Waals surface area contributed by atoms with Gasteiger partial charge >= 0.3 is 0 Å². The van der Waals surface area contributed by atoms with Crippen molar-refractivity contribution >= 4 is 28.7 Å². The maximum atomic E-state index is 12.5. The molecule has 2 N–H and O–H groups in total. The zero-order valence-electron chi connectivity index (χ0n) is 12.5. The summed E-state index contributed by atoms with van der Waals surface area (Å²) in [6, 6.07) is 5.91. The van der Waals surface area contributed by atoms with Crippen LogP contribution < -0.4 is 11.3 Å². The van der Waals surface area contributed by atoms with Crippen LogP contribution in [-0.4, -0.2) is 29.9 Å². The molecule has 0 aliphatic heterocycles.